The lowest BCUT2D eigenvalue weighted by molar-refractivity contribution is 1.03. The molecule has 0 saturated carbocycles. The van der Waals surface area contributed by atoms with E-state index >= 15 is 0 Å². The molecule has 4 nitrogen and oxygen atoms in total. The van der Waals surface area contributed by atoms with Gasteiger partial charge in [0, 0.05) is 5.69 Å². The molecule has 0 aromatic carbocycles. The van der Waals surface area contributed by atoms with E-state index in [0.29, 0.717) is 11.0 Å². The molecular weight excluding hydrogens is 166 g/mol. The number of aromatic nitrogens is 3. The molecule has 2 aromatic rings. The number of H-pyrrole nitrogens is 1. The van der Waals surface area contributed by atoms with Crippen LogP contribution in [0.3, 0.4) is 0 Å². The highest BCUT2D eigenvalue weighted by molar-refractivity contribution is 5.72. The van der Waals surface area contributed by atoms with Gasteiger partial charge in [-0.1, -0.05) is 6.92 Å². The van der Waals surface area contributed by atoms with E-state index in [1.54, 1.807) is 6.07 Å². The van der Waals surface area contributed by atoms with Crippen LogP contribution in [0.15, 0.2) is 23.3 Å². The van der Waals surface area contributed by atoms with Crippen LogP contribution in [-0.4, -0.2) is 15.0 Å². The van der Waals surface area contributed by atoms with Crippen molar-refractivity contribution in [3.8, 4) is 0 Å². The quantitative estimate of drug-likeness (QED) is 0.699. The van der Waals surface area contributed by atoms with Crippen molar-refractivity contribution in [2.24, 2.45) is 0 Å². The van der Waals surface area contributed by atoms with E-state index in [1.807, 2.05) is 13.0 Å². The van der Waals surface area contributed by atoms with Crippen LogP contribution in [0.2, 0.25) is 0 Å². The zero-order chi connectivity index (χ0) is 9.26. The van der Waals surface area contributed by atoms with Gasteiger partial charge in [-0.3, -0.25) is 4.79 Å². The number of fused-ring (bicyclic) bond motifs is 1. The molecule has 0 spiro atoms. The molecule has 66 valence electrons. The number of hydrogen-bond acceptors (Lipinski definition) is 3. The Labute approximate surface area is 74.7 Å². The number of rotatable bonds is 1. The first-order chi connectivity index (χ1) is 6.31. The summed E-state index contributed by atoms with van der Waals surface area (Å²) in [6.45, 7) is 2.02. The van der Waals surface area contributed by atoms with E-state index < -0.39 is 0 Å². The fourth-order valence-corrected chi connectivity index (χ4v) is 1.19. The zero-order valence-corrected chi connectivity index (χ0v) is 7.24. The summed E-state index contributed by atoms with van der Waals surface area (Å²) in [5, 5.41) is 0.541. The van der Waals surface area contributed by atoms with Gasteiger partial charge >= 0.3 is 0 Å². The summed E-state index contributed by atoms with van der Waals surface area (Å²) in [5.74, 6) is 0. The molecule has 0 aliphatic carbocycles. The molecule has 4 heteroatoms. The molecule has 0 amide bonds. The Hall–Kier alpha value is -1.71. The molecule has 0 aliphatic heterocycles. The van der Waals surface area contributed by atoms with Crippen LogP contribution in [0.5, 0.6) is 0 Å². The molecule has 0 fully saturated rings. The van der Waals surface area contributed by atoms with E-state index in [-0.39, 0.29) is 5.56 Å². The Morgan fingerprint density at radius 2 is 2.31 bits per heavy atom. The maximum atomic E-state index is 11.2. The smallest absolute Gasteiger partial charge is 0.260 e. The minimum atomic E-state index is -0.139. The average molecular weight is 175 g/mol. The van der Waals surface area contributed by atoms with Crippen molar-refractivity contribution < 1.29 is 0 Å². The minimum absolute atomic E-state index is 0.139. The topological polar surface area (TPSA) is 58.6 Å². The normalized spacial score (nSPS) is 10.5. The molecule has 0 aliphatic rings. The third-order valence-corrected chi connectivity index (χ3v) is 1.92. The average Bonchev–Trinajstić information content (AvgIpc) is 2.18. The highest BCUT2D eigenvalue weighted by atomic mass is 16.1. The van der Waals surface area contributed by atoms with Crippen LogP contribution in [0, 0.1) is 0 Å². The molecule has 0 radical (unpaired) electrons. The Morgan fingerprint density at radius 3 is 3.08 bits per heavy atom. The summed E-state index contributed by atoms with van der Waals surface area (Å²) in [6, 6.07) is 3.60. The van der Waals surface area contributed by atoms with Gasteiger partial charge in [0.05, 0.1) is 11.7 Å². The first-order valence-corrected chi connectivity index (χ1v) is 4.14. The highest BCUT2D eigenvalue weighted by Crippen LogP contribution is 2.04. The molecule has 0 atom stereocenters. The Bertz CT molecular complexity index is 489. The van der Waals surface area contributed by atoms with E-state index in [4.69, 9.17) is 0 Å². The Morgan fingerprint density at radius 1 is 1.46 bits per heavy atom. The van der Waals surface area contributed by atoms with Crippen molar-refractivity contribution in [2.45, 2.75) is 13.3 Å². The van der Waals surface area contributed by atoms with Gasteiger partial charge in [-0.15, -0.1) is 0 Å². The van der Waals surface area contributed by atoms with Crippen molar-refractivity contribution in [3.05, 3.63) is 34.5 Å². The van der Waals surface area contributed by atoms with Crippen LogP contribution in [-0.2, 0) is 6.42 Å². The van der Waals surface area contributed by atoms with E-state index in [0.717, 1.165) is 12.1 Å². The van der Waals surface area contributed by atoms with Gasteiger partial charge in [0.25, 0.3) is 5.56 Å². The summed E-state index contributed by atoms with van der Waals surface area (Å²) in [5.41, 5.74) is 1.33. The van der Waals surface area contributed by atoms with E-state index in [9.17, 15) is 4.79 Å². The maximum absolute atomic E-state index is 11.2. The van der Waals surface area contributed by atoms with Crippen LogP contribution < -0.4 is 5.56 Å². The predicted molar refractivity (Wildman–Crippen MR) is 49.5 cm³/mol. The SMILES string of the molecule is CCc1ccc2c(=O)[nH]cnc2n1. The summed E-state index contributed by atoms with van der Waals surface area (Å²) in [7, 11) is 0. The van der Waals surface area contributed by atoms with Crippen LogP contribution in [0.1, 0.15) is 12.6 Å². The van der Waals surface area contributed by atoms with Crippen molar-refractivity contribution >= 4 is 11.0 Å². The lowest BCUT2D eigenvalue weighted by atomic mass is 10.2. The molecule has 0 bridgehead atoms. The van der Waals surface area contributed by atoms with Gasteiger partial charge in [0.15, 0.2) is 5.65 Å². The summed E-state index contributed by atoms with van der Waals surface area (Å²) >= 11 is 0. The highest BCUT2D eigenvalue weighted by Gasteiger charge is 2.00. The summed E-state index contributed by atoms with van der Waals surface area (Å²) < 4.78 is 0. The molecule has 2 rings (SSSR count). The maximum Gasteiger partial charge on any atom is 0.260 e. The van der Waals surface area contributed by atoms with Crippen molar-refractivity contribution in [1.82, 2.24) is 15.0 Å². The van der Waals surface area contributed by atoms with Gasteiger partial charge in [-0.2, -0.15) is 0 Å². The molecule has 2 heterocycles. The number of hydrogen-bond donors (Lipinski definition) is 1. The molecule has 13 heavy (non-hydrogen) atoms. The number of nitrogens with zero attached hydrogens (tertiary/aromatic N) is 2. The predicted octanol–water partition coefficient (Wildman–Crippen LogP) is 0.880. The molecule has 0 saturated heterocycles. The third-order valence-electron chi connectivity index (χ3n) is 1.92. The number of aryl methyl sites for hydroxylation is 1. The van der Waals surface area contributed by atoms with Gasteiger partial charge in [0.2, 0.25) is 0 Å². The van der Waals surface area contributed by atoms with Gasteiger partial charge < -0.3 is 4.98 Å². The third kappa shape index (κ3) is 1.30. The van der Waals surface area contributed by atoms with Crippen LogP contribution in [0.4, 0.5) is 0 Å². The fourth-order valence-electron chi connectivity index (χ4n) is 1.19. The van der Waals surface area contributed by atoms with Gasteiger partial charge in [-0.25, -0.2) is 9.97 Å². The van der Waals surface area contributed by atoms with E-state index in [2.05, 4.69) is 15.0 Å². The fraction of sp³-hybridized carbons (Fsp3) is 0.222. The molecule has 2 aromatic heterocycles. The largest absolute Gasteiger partial charge is 0.313 e. The molecule has 0 unspecified atom stereocenters. The summed E-state index contributed by atoms with van der Waals surface area (Å²) in [6.07, 6.45) is 2.22. The minimum Gasteiger partial charge on any atom is -0.313 e. The number of aromatic amines is 1. The Kier molecular flexibility index (Phi) is 1.81. The first-order valence-electron chi connectivity index (χ1n) is 4.14. The lowest BCUT2D eigenvalue weighted by Crippen LogP contribution is -2.07. The van der Waals surface area contributed by atoms with Crippen molar-refractivity contribution in [3.63, 3.8) is 0 Å². The van der Waals surface area contributed by atoms with Gasteiger partial charge in [0.1, 0.15) is 0 Å². The molecular formula is C9H9N3O. The number of nitrogens with one attached hydrogen (secondary N) is 1. The van der Waals surface area contributed by atoms with Crippen LogP contribution in [0.25, 0.3) is 11.0 Å². The summed E-state index contributed by atoms with van der Waals surface area (Å²) in [4.78, 5) is 22.0. The zero-order valence-electron chi connectivity index (χ0n) is 7.24. The van der Waals surface area contributed by atoms with E-state index in [1.165, 1.54) is 6.33 Å². The second-order valence-corrected chi connectivity index (χ2v) is 2.76. The van der Waals surface area contributed by atoms with Crippen molar-refractivity contribution in [1.29, 1.82) is 0 Å². The monoisotopic (exact) mass is 175 g/mol. The second-order valence-electron chi connectivity index (χ2n) is 2.76. The lowest BCUT2D eigenvalue weighted by Gasteiger charge is -1.97. The number of pyridine rings is 1. The second kappa shape index (κ2) is 2.97. The van der Waals surface area contributed by atoms with Gasteiger partial charge in [-0.05, 0) is 18.6 Å². The molecule has 1 N–H and O–H groups in total. The Balaban J connectivity index is 2.80. The first kappa shape index (κ1) is 7.91. The van der Waals surface area contributed by atoms with Crippen molar-refractivity contribution in [2.75, 3.05) is 0 Å². The van der Waals surface area contributed by atoms with Crippen LogP contribution >= 0.6 is 0 Å². The standard InChI is InChI=1S/C9H9N3O/c1-2-6-3-4-7-8(12-6)10-5-11-9(7)13/h3-5H,2H2,1H3,(H,10,11,12,13).